The Bertz CT molecular complexity index is 585. The first kappa shape index (κ1) is 12.5. The van der Waals surface area contributed by atoms with Crippen LogP contribution < -0.4 is 11.3 Å². The fraction of sp³-hybridized carbons (Fsp3) is 0.500. The van der Waals surface area contributed by atoms with Crippen molar-refractivity contribution in [1.29, 1.82) is 0 Å². The van der Waals surface area contributed by atoms with Gasteiger partial charge in [-0.1, -0.05) is 0 Å². The zero-order valence-corrected chi connectivity index (χ0v) is 9.96. The maximum atomic E-state index is 11.6. The first-order chi connectivity index (χ1) is 8.67. The van der Waals surface area contributed by atoms with Crippen LogP contribution in [0.3, 0.4) is 0 Å². The van der Waals surface area contributed by atoms with E-state index in [9.17, 15) is 4.79 Å². The monoisotopic (exact) mass is 253 g/mol. The van der Waals surface area contributed by atoms with Gasteiger partial charge in [-0.05, 0) is 6.92 Å². The topological polar surface area (TPSA) is 119 Å². The van der Waals surface area contributed by atoms with E-state index in [2.05, 4.69) is 15.0 Å². The maximum Gasteiger partial charge on any atom is 0.280 e. The van der Waals surface area contributed by atoms with E-state index in [1.165, 1.54) is 6.33 Å². The number of fused-ring (bicyclic) bond motifs is 1. The molecule has 2 aromatic rings. The minimum Gasteiger partial charge on any atom is -0.396 e. The van der Waals surface area contributed by atoms with Crippen LogP contribution in [0.15, 0.2) is 11.1 Å². The van der Waals surface area contributed by atoms with E-state index in [0.717, 1.165) is 0 Å². The SMILES string of the molecule is CCOC(CCO)n1cnc2c(=O)[nH]c(N)nc21. The van der Waals surface area contributed by atoms with Gasteiger partial charge in [0.05, 0.1) is 6.33 Å². The van der Waals surface area contributed by atoms with Crippen molar-refractivity contribution >= 4 is 17.1 Å². The molecule has 0 bridgehead atoms. The van der Waals surface area contributed by atoms with Gasteiger partial charge < -0.3 is 15.6 Å². The molecule has 0 saturated carbocycles. The number of aliphatic hydroxyl groups is 1. The van der Waals surface area contributed by atoms with E-state index < -0.39 is 11.8 Å². The van der Waals surface area contributed by atoms with Crippen molar-refractivity contribution in [2.75, 3.05) is 18.9 Å². The van der Waals surface area contributed by atoms with Gasteiger partial charge in [0.15, 0.2) is 11.2 Å². The summed E-state index contributed by atoms with van der Waals surface area (Å²) in [6, 6.07) is 0. The molecule has 18 heavy (non-hydrogen) atoms. The third kappa shape index (κ3) is 2.20. The number of imidazole rings is 1. The highest BCUT2D eigenvalue weighted by atomic mass is 16.5. The van der Waals surface area contributed by atoms with Gasteiger partial charge in [0.1, 0.15) is 6.23 Å². The predicted octanol–water partition coefficient (Wildman–Crippen LogP) is -0.381. The van der Waals surface area contributed by atoms with Crippen LogP contribution in [0.25, 0.3) is 11.2 Å². The molecule has 2 heterocycles. The van der Waals surface area contributed by atoms with Crippen LogP contribution in [0.4, 0.5) is 5.95 Å². The molecule has 0 aliphatic rings. The molecule has 0 aromatic carbocycles. The molecule has 0 amide bonds. The Morgan fingerprint density at radius 3 is 3.11 bits per heavy atom. The maximum absolute atomic E-state index is 11.6. The van der Waals surface area contributed by atoms with Crippen LogP contribution in [0.5, 0.6) is 0 Å². The lowest BCUT2D eigenvalue weighted by molar-refractivity contribution is -0.00394. The van der Waals surface area contributed by atoms with Crippen molar-refractivity contribution in [3.8, 4) is 0 Å². The number of anilines is 1. The Kier molecular flexibility index (Phi) is 3.58. The van der Waals surface area contributed by atoms with Gasteiger partial charge in [-0.3, -0.25) is 14.3 Å². The summed E-state index contributed by atoms with van der Waals surface area (Å²) in [5.41, 5.74) is 5.66. The van der Waals surface area contributed by atoms with Gasteiger partial charge in [-0.2, -0.15) is 4.98 Å². The fourth-order valence-corrected chi connectivity index (χ4v) is 1.76. The number of nitrogens with two attached hydrogens (primary N) is 1. The molecule has 0 saturated heterocycles. The molecular weight excluding hydrogens is 238 g/mol. The molecule has 0 fully saturated rings. The predicted molar refractivity (Wildman–Crippen MR) is 64.9 cm³/mol. The molecule has 1 unspecified atom stereocenters. The molecule has 0 aliphatic carbocycles. The second-order valence-corrected chi connectivity index (χ2v) is 3.70. The number of H-pyrrole nitrogens is 1. The molecule has 8 nitrogen and oxygen atoms in total. The largest absolute Gasteiger partial charge is 0.396 e. The summed E-state index contributed by atoms with van der Waals surface area (Å²) in [4.78, 5) is 22.0. The van der Waals surface area contributed by atoms with Crippen molar-refractivity contribution in [1.82, 2.24) is 19.5 Å². The number of hydrogen-bond acceptors (Lipinski definition) is 6. The quantitative estimate of drug-likeness (QED) is 0.668. The number of ether oxygens (including phenoxy) is 1. The molecule has 0 radical (unpaired) electrons. The van der Waals surface area contributed by atoms with Crippen LogP contribution in [0, 0.1) is 0 Å². The average molecular weight is 253 g/mol. The Labute approximate surface area is 102 Å². The molecule has 8 heteroatoms. The van der Waals surface area contributed by atoms with Gasteiger partial charge in [0, 0.05) is 19.6 Å². The highest BCUT2D eigenvalue weighted by molar-refractivity contribution is 5.70. The van der Waals surface area contributed by atoms with Crippen LogP contribution >= 0.6 is 0 Å². The van der Waals surface area contributed by atoms with E-state index in [1.807, 2.05) is 6.92 Å². The number of rotatable bonds is 5. The van der Waals surface area contributed by atoms with Crippen LogP contribution in [-0.4, -0.2) is 37.8 Å². The lowest BCUT2D eigenvalue weighted by atomic mass is 10.4. The molecular formula is C10H15N5O3. The number of nitrogen functional groups attached to an aromatic ring is 1. The third-order valence-electron chi connectivity index (χ3n) is 2.50. The first-order valence-electron chi connectivity index (χ1n) is 5.62. The van der Waals surface area contributed by atoms with Crippen molar-refractivity contribution in [2.24, 2.45) is 0 Å². The molecule has 1 atom stereocenters. The van der Waals surface area contributed by atoms with Crippen LogP contribution in [-0.2, 0) is 4.74 Å². The summed E-state index contributed by atoms with van der Waals surface area (Å²) in [6.07, 6.45) is 1.43. The summed E-state index contributed by atoms with van der Waals surface area (Å²) in [7, 11) is 0. The molecule has 4 N–H and O–H groups in total. The third-order valence-corrected chi connectivity index (χ3v) is 2.50. The summed E-state index contributed by atoms with van der Waals surface area (Å²) in [6.45, 7) is 2.28. The van der Waals surface area contributed by atoms with Crippen molar-refractivity contribution in [3.05, 3.63) is 16.7 Å². The smallest absolute Gasteiger partial charge is 0.280 e. The number of nitrogens with one attached hydrogen (secondary N) is 1. The second kappa shape index (κ2) is 5.15. The van der Waals surface area contributed by atoms with Crippen molar-refractivity contribution in [2.45, 2.75) is 19.6 Å². The number of nitrogens with zero attached hydrogens (tertiary/aromatic N) is 3. The standard InChI is InChI=1S/C10H15N5O3/c1-2-18-6(3-4-16)15-5-12-7-8(15)13-10(11)14-9(7)17/h5-6,16H,2-4H2,1H3,(H3,11,13,14,17). The zero-order chi connectivity index (χ0) is 13.1. The first-order valence-corrected chi connectivity index (χ1v) is 5.62. The summed E-state index contributed by atoms with van der Waals surface area (Å²) < 4.78 is 7.08. The number of aromatic nitrogens is 4. The zero-order valence-electron chi connectivity index (χ0n) is 9.96. The molecule has 0 spiro atoms. The highest BCUT2D eigenvalue weighted by Crippen LogP contribution is 2.18. The molecule has 2 rings (SSSR count). The van der Waals surface area contributed by atoms with Crippen molar-refractivity contribution in [3.63, 3.8) is 0 Å². The van der Waals surface area contributed by atoms with Gasteiger partial charge in [-0.25, -0.2) is 4.98 Å². The van der Waals surface area contributed by atoms with E-state index in [-0.39, 0.29) is 18.1 Å². The minimum absolute atomic E-state index is 0.0218. The summed E-state index contributed by atoms with van der Waals surface area (Å²) >= 11 is 0. The Morgan fingerprint density at radius 1 is 1.67 bits per heavy atom. The van der Waals surface area contributed by atoms with Crippen molar-refractivity contribution < 1.29 is 9.84 Å². The van der Waals surface area contributed by atoms with Crippen LogP contribution in [0.2, 0.25) is 0 Å². The number of aromatic amines is 1. The van der Waals surface area contributed by atoms with Crippen LogP contribution in [0.1, 0.15) is 19.6 Å². The van der Waals surface area contributed by atoms with Gasteiger partial charge in [0.25, 0.3) is 5.56 Å². The number of aliphatic hydroxyl groups excluding tert-OH is 1. The van der Waals surface area contributed by atoms with E-state index in [0.29, 0.717) is 18.7 Å². The van der Waals surface area contributed by atoms with E-state index in [4.69, 9.17) is 15.6 Å². The number of hydrogen-bond donors (Lipinski definition) is 3. The molecule has 0 aliphatic heterocycles. The lowest BCUT2D eigenvalue weighted by Gasteiger charge is -2.17. The Morgan fingerprint density at radius 2 is 2.44 bits per heavy atom. The van der Waals surface area contributed by atoms with E-state index >= 15 is 0 Å². The molecule has 2 aromatic heterocycles. The second-order valence-electron chi connectivity index (χ2n) is 3.70. The molecule has 98 valence electrons. The fourth-order valence-electron chi connectivity index (χ4n) is 1.76. The highest BCUT2D eigenvalue weighted by Gasteiger charge is 2.16. The van der Waals surface area contributed by atoms with Gasteiger partial charge in [-0.15, -0.1) is 0 Å². The van der Waals surface area contributed by atoms with E-state index in [1.54, 1.807) is 4.57 Å². The summed E-state index contributed by atoms with van der Waals surface area (Å²) in [5, 5.41) is 9.02. The Hall–Kier alpha value is -1.93. The normalized spacial score (nSPS) is 13.0. The lowest BCUT2D eigenvalue weighted by Crippen LogP contribution is -2.17. The average Bonchev–Trinajstić information content (AvgIpc) is 2.72. The summed E-state index contributed by atoms with van der Waals surface area (Å²) in [5.74, 6) is 0.0218. The van der Waals surface area contributed by atoms with Gasteiger partial charge in [0.2, 0.25) is 5.95 Å². The van der Waals surface area contributed by atoms with Gasteiger partial charge >= 0.3 is 0 Å². The Balaban J connectivity index is 2.52. The minimum atomic E-state index is -0.418.